The first-order chi connectivity index (χ1) is 9.64. The van der Waals surface area contributed by atoms with Gasteiger partial charge in [-0.3, -0.25) is 4.90 Å². The van der Waals surface area contributed by atoms with E-state index in [4.69, 9.17) is 5.26 Å². The predicted molar refractivity (Wildman–Crippen MR) is 77.5 cm³/mol. The van der Waals surface area contributed by atoms with Gasteiger partial charge in [-0.1, -0.05) is 12.1 Å². The second kappa shape index (κ2) is 6.26. The Hall–Kier alpha value is -1.56. The van der Waals surface area contributed by atoms with Crippen LogP contribution < -0.4 is 0 Å². The van der Waals surface area contributed by atoms with Gasteiger partial charge in [0, 0.05) is 25.2 Å². The van der Waals surface area contributed by atoms with Crippen molar-refractivity contribution < 1.29 is 4.39 Å². The summed E-state index contributed by atoms with van der Waals surface area (Å²) in [6.45, 7) is 2.06. The average Bonchev–Trinajstić information content (AvgIpc) is 2.50. The van der Waals surface area contributed by atoms with Crippen molar-refractivity contribution in [3.63, 3.8) is 0 Å². The number of likely N-dealkylation sites (tertiary alicyclic amines) is 1. The Morgan fingerprint density at radius 3 is 2.60 bits per heavy atom. The van der Waals surface area contributed by atoms with Crippen LogP contribution in [-0.4, -0.2) is 29.0 Å². The van der Waals surface area contributed by atoms with E-state index in [0.717, 1.165) is 25.9 Å². The lowest BCUT2D eigenvalue weighted by Crippen LogP contribution is -2.41. The molecule has 1 aromatic carbocycles. The van der Waals surface area contributed by atoms with Crippen LogP contribution in [-0.2, 0) is 6.54 Å². The summed E-state index contributed by atoms with van der Waals surface area (Å²) in [6.07, 6.45) is 3.56. The molecule has 3 nitrogen and oxygen atoms in total. The molecule has 1 aromatic rings. The number of hydrogen-bond acceptors (Lipinski definition) is 4. The molecule has 20 heavy (non-hydrogen) atoms. The molecule has 1 aliphatic heterocycles. The maximum absolute atomic E-state index is 14.0. The van der Waals surface area contributed by atoms with Crippen LogP contribution in [0.4, 0.5) is 4.39 Å². The third-order valence-electron chi connectivity index (χ3n) is 3.85. The number of piperidine rings is 1. The molecule has 5 heteroatoms. The molecular weight excluding hydrogens is 273 g/mol. The van der Waals surface area contributed by atoms with E-state index in [-0.39, 0.29) is 10.3 Å². The molecule has 1 aliphatic rings. The van der Waals surface area contributed by atoms with Crippen LogP contribution in [0, 0.1) is 28.5 Å². The molecule has 0 unspecified atom stereocenters. The van der Waals surface area contributed by atoms with Gasteiger partial charge >= 0.3 is 0 Å². The first-order valence-electron chi connectivity index (χ1n) is 6.50. The minimum atomic E-state index is -0.419. The lowest BCUT2D eigenvalue weighted by Gasteiger charge is -2.36. The Kier molecular flexibility index (Phi) is 4.65. The number of nitriles is 2. The summed E-state index contributed by atoms with van der Waals surface area (Å²) in [7, 11) is 0. The smallest absolute Gasteiger partial charge is 0.145 e. The maximum Gasteiger partial charge on any atom is 0.145 e. The molecule has 0 bridgehead atoms. The van der Waals surface area contributed by atoms with E-state index in [1.165, 1.54) is 6.07 Å². The number of halogens is 1. The Morgan fingerprint density at radius 2 is 2.05 bits per heavy atom. The molecule has 1 saturated heterocycles. The highest BCUT2D eigenvalue weighted by Crippen LogP contribution is 2.34. The van der Waals surface area contributed by atoms with E-state index >= 15 is 0 Å². The number of hydrogen-bond donors (Lipinski definition) is 0. The van der Waals surface area contributed by atoms with Crippen molar-refractivity contribution in [1.29, 1.82) is 10.5 Å². The Bertz CT molecular complexity index is 565. The summed E-state index contributed by atoms with van der Waals surface area (Å²) >= 11 is 1.61. The molecule has 0 aliphatic carbocycles. The number of thioether (sulfide) groups is 1. The van der Waals surface area contributed by atoms with Crippen molar-refractivity contribution in [1.82, 2.24) is 4.90 Å². The van der Waals surface area contributed by atoms with Gasteiger partial charge in [-0.25, -0.2) is 4.39 Å². The molecule has 0 radical (unpaired) electrons. The van der Waals surface area contributed by atoms with Crippen LogP contribution in [0.3, 0.4) is 0 Å². The van der Waals surface area contributed by atoms with Gasteiger partial charge in [0.1, 0.15) is 16.6 Å². The largest absolute Gasteiger partial charge is 0.299 e. The molecule has 1 fully saturated rings. The Balaban J connectivity index is 2.04. The lowest BCUT2D eigenvalue weighted by molar-refractivity contribution is 0.207. The molecule has 0 N–H and O–H groups in total. The van der Waals surface area contributed by atoms with Gasteiger partial charge in [-0.05, 0) is 25.2 Å². The second-order valence-electron chi connectivity index (χ2n) is 4.98. The van der Waals surface area contributed by atoms with Crippen LogP contribution in [0.25, 0.3) is 0 Å². The van der Waals surface area contributed by atoms with E-state index < -0.39 is 5.82 Å². The van der Waals surface area contributed by atoms with E-state index in [1.54, 1.807) is 23.9 Å². The van der Waals surface area contributed by atoms with Crippen molar-refractivity contribution in [2.45, 2.75) is 24.1 Å². The summed E-state index contributed by atoms with van der Waals surface area (Å²) in [4.78, 5) is 2.14. The van der Waals surface area contributed by atoms with E-state index in [2.05, 4.69) is 11.0 Å². The third kappa shape index (κ3) is 2.95. The highest BCUT2D eigenvalue weighted by atomic mass is 32.2. The molecule has 104 valence electrons. The van der Waals surface area contributed by atoms with Gasteiger partial charge in [0.25, 0.3) is 0 Å². The Morgan fingerprint density at radius 1 is 1.35 bits per heavy atom. The molecule has 0 spiro atoms. The fraction of sp³-hybridized carbons (Fsp3) is 0.467. The second-order valence-corrected chi connectivity index (χ2v) is 6.17. The molecule has 0 atom stereocenters. The van der Waals surface area contributed by atoms with Crippen LogP contribution in [0.15, 0.2) is 18.2 Å². The number of nitrogens with zero attached hydrogens (tertiary/aromatic N) is 3. The lowest BCUT2D eigenvalue weighted by atomic mass is 9.96. The van der Waals surface area contributed by atoms with E-state index in [1.807, 2.05) is 12.3 Å². The fourth-order valence-corrected chi connectivity index (χ4v) is 3.15. The highest BCUT2D eigenvalue weighted by Gasteiger charge is 2.33. The minimum Gasteiger partial charge on any atom is -0.299 e. The van der Waals surface area contributed by atoms with Crippen molar-refractivity contribution in [2.24, 2.45) is 0 Å². The zero-order valence-corrected chi connectivity index (χ0v) is 12.2. The van der Waals surface area contributed by atoms with Crippen molar-refractivity contribution >= 4 is 11.8 Å². The normalized spacial score (nSPS) is 18.2. The minimum absolute atomic E-state index is 0.0926. The van der Waals surface area contributed by atoms with E-state index in [9.17, 15) is 9.65 Å². The van der Waals surface area contributed by atoms with Gasteiger partial charge in [-0.2, -0.15) is 10.5 Å². The third-order valence-corrected chi connectivity index (χ3v) is 5.13. The SMILES string of the molecule is CSC1(C#N)CCN(Cc2cccc(C#N)c2F)CC1. The van der Waals surface area contributed by atoms with Gasteiger partial charge < -0.3 is 0 Å². The predicted octanol–water partition coefficient (Wildman–Crippen LogP) is 2.92. The monoisotopic (exact) mass is 289 g/mol. The first-order valence-corrected chi connectivity index (χ1v) is 7.73. The quantitative estimate of drug-likeness (QED) is 0.858. The fourth-order valence-electron chi connectivity index (χ4n) is 2.46. The van der Waals surface area contributed by atoms with Gasteiger partial charge in [-0.15, -0.1) is 11.8 Å². The average molecular weight is 289 g/mol. The Labute approximate surface area is 123 Å². The van der Waals surface area contributed by atoms with Gasteiger partial charge in [0.05, 0.1) is 11.6 Å². The van der Waals surface area contributed by atoms with Gasteiger partial charge in [0.15, 0.2) is 0 Å². The number of benzene rings is 1. The summed E-state index contributed by atoms with van der Waals surface area (Å²) in [5.74, 6) is -0.419. The van der Waals surface area contributed by atoms with Crippen LogP contribution in [0.2, 0.25) is 0 Å². The van der Waals surface area contributed by atoms with Crippen molar-refractivity contribution in [2.75, 3.05) is 19.3 Å². The van der Waals surface area contributed by atoms with Crippen LogP contribution in [0.1, 0.15) is 24.0 Å². The summed E-state index contributed by atoms with van der Waals surface area (Å²) in [6, 6.07) is 9.18. The molecule has 0 amide bonds. The number of rotatable bonds is 3. The molecular formula is C15H16FN3S. The van der Waals surface area contributed by atoms with Crippen molar-refractivity contribution in [3.8, 4) is 12.1 Å². The molecule has 2 rings (SSSR count). The van der Waals surface area contributed by atoms with E-state index in [0.29, 0.717) is 12.1 Å². The topological polar surface area (TPSA) is 50.8 Å². The molecule has 0 saturated carbocycles. The zero-order chi connectivity index (χ0) is 14.6. The maximum atomic E-state index is 14.0. The standard InChI is InChI=1S/C15H16FN3S/c1-20-15(11-18)5-7-19(8-6-15)10-13-4-2-3-12(9-17)14(13)16/h2-4H,5-8,10H2,1H3. The summed E-state index contributed by atoms with van der Waals surface area (Å²) in [5.41, 5.74) is 0.646. The molecule has 1 heterocycles. The highest BCUT2D eigenvalue weighted by molar-refractivity contribution is 8.00. The van der Waals surface area contributed by atoms with Gasteiger partial charge in [0.2, 0.25) is 0 Å². The van der Waals surface area contributed by atoms with Crippen molar-refractivity contribution in [3.05, 3.63) is 35.1 Å². The zero-order valence-electron chi connectivity index (χ0n) is 11.4. The van der Waals surface area contributed by atoms with Crippen LogP contribution >= 0.6 is 11.8 Å². The first kappa shape index (κ1) is 14.8. The summed E-state index contributed by atoms with van der Waals surface area (Å²) in [5, 5.41) is 18.1. The van der Waals surface area contributed by atoms with Crippen LogP contribution in [0.5, 0.6) is 0 Å². The molecule has 0 aromatic heterocycles. The summed E-state index contributed by atoms with van der Waals surface area (Å²) < 4.78 is 13.7.